The van der Waals surface area contributed by atoms with Crippen LogP contribution in [0.3, 0.4) is 0 Å². The fraction of sp³-hybridized carbons (Fsp3) is 0.304. The number of hydrogen-bond acceptors (Lipinski definition) is 4. The van der Waals surface area contributed by atoms with Crippen molar-refractivity contribution in [3.05, 3.63) is 90.7 Å². The van der Waals surface area contributed by atoms with Gasteiger partial charge in [0.2, 0.25) is 5.69 Å². The molecule has 0 bridgehead atoms. The van der Waals surface area contributed by atoms with Crippen molar-refractivity contribution in [1.82, 2.24) is 19.7 Å². The first-order chi connectivity index (χ1) is 14.7. The fourth-order valence-corrected chi connectivity index (χ4v) is 3.24. The van der Waals surface area contributed by atoms with Gasteiger partial charge < -0.3 is 5.32 Å². The summed E-state index contributed by atoms with van der Waals surface area (Å²) in [6.45, 7) is 7.54. The maximum absolute atomic E-state index is 13.2. The first-order valence-corrected chi connectivity index (χ1v) is 10.5. The lowest BCUT2D eigenvalue weighted by Gasteiger charge is -2.15. The lowest BCUT2D eigenvalue weighted by molar-refractivity contribution is 0.0929. The molecular weight excluding hydrogens is 416 g/mol. The molecule has 31 heavy (non-hydrogen) atoms. The van der Waals surface area contributed by atoms with Crippen LogP contribution < -0.4 is 16.6 Å². The summed E-state index contributed by atoms with van der Waals surface area (Å²) in [5.74, 6) is -0.621. The zero-order valence-electron chi connectivity index (χ0n) is 18.0. The number of benzene rings is 2. The Morgan fingerprint density at radius 3 is 2.55 bits per heavy atom. The van der Waals surface area contributed by atoms with E-state index in [0.29, 0.717) is 17.1 Å². The third kappa shape index (κ3) is 4.94. The van der Waals surface area contributed by atoms with Gasteiger partial charge in [0.05, 0.1) is 12.2 Å². The molecule has 0 aliphatic heterocycles. The van der Waals surface area contributed by atoms with Crippen molar-refractivity contribution in [2.45, 2.75) is 46.7 Å². The van der Waals surface area contributed by atoms with E-state index in [1.807, 2.05) is 52.0 Å². The van der Waals surface area contributed by atoms with Crippen LogP contribution in [-0.4, -0.2) is 26.3 Å². The second-order valence-corrected chi connectivity index (χ2v) is 8.05. The summed E-state index contributed by atoms with van der Waals surface area (Å²) in [5, 5.41) is 7.32. The molecule has 162 valence electrons. The molecule has 1 N–H and O–H groups in total. The lowest BCUT2D eigenvalue weighted by atomic mass is 10.1. The Hall–Kier alpha value is -3.19. The summed E-state index contributed by atoms with van der Waals surface area (Å²) in [5.41, 5.74) is 1.25. The summed E-state index contributed by atoms with van der Waals surface area (Å²) in [4.78, 5) is 39.1. The largest absolute Gasteiger partial charge is 0.352 e. The predicted octanol–water partition coefficient (Wildman–Crippen LogP) is 3.24. The quantitative estimate of drug-likeness (QED) is 0.637. The summed E-state index contributed by atoms with van der Waals surface area (Å²) in [7, 11) is 0. The number of nitrogens with one attached hydrogen (secondary N) is 1. The summed E-state index contributed by atoms with van der Waals surface area (Å²) < 4.78 is 2.08. The molecule has 0 aliphatic rings. The van der Waals surface area contributed by atoms with Gasteiger partial charge >= 0.3 is 5.69 Å². The summed E-state index contributed by atoms with van der Waals surface area (Å²) in [6.07, 6.45) is 0.691. The van der Waals surface area contributed by atoms with Crippen LogP contribution in [-0.2, 0) is 6.54 Å². The van der Waals surface area contributed by atoms with Crippen molar-refractivity contribution in [3.63, 3.8) is 0 Å². The molecule has 3 aromatic rings. The monoisotopic (exact) mass is 440 g/mol. The van der Waals surface area contributed by atoms with E-state index in [2.05, 4.69) is 10.4 Å². The van der Waals surface area contributed by atoms with Gasteiger partial charge in [0.15, 0.2) is 0 Å². The van der Waals surface area contributed by atoms with E-state index in [4.69, 9.17) is 11.6 Å². The second kappa shape index (κ2) is 9.31. The molecule has 1 amide bonds. The highest BCUT2D eigenvalue weighted by atomic mass is 35.5. The molecule has 1 atom stereocenters. The Balaban J connectivity index is 2.21. The minimum Gasteiger partial charge on any atom is -0.348 e. The highest BCUT2D eigenvalue weighted by Crippen LogP contribution is 2.18. The molecule has 0 spiro atoms. The summed E-state index contributed by atoms with van der Waals surface area (Å²) >= 11 is 6.23. The van der Waals surface area contributed by atoms with E-state index in [0.717, 1.165) is 25.9 Å². The van der Waals surface area contributed by atoms with E-state index >= 15 is 0 Å². The number of carbonyl (C=O) groups is 1. The van der Waals surface area contributed by atoms with Gasteiger partial charge in [-0.1, -0.05) is 54.4 Å². The van der Waals surface area contributed by atoms with Crippen LogP contribution in [0.1, 0.15) is 47.4 Å². The highest BCUT2D eigenvalue weighted by molar-refractivity contribution is 6.31. The number of halogens is 1. The number of hydrogen-bond donors (Lipinski definition) is 1. The molecule has 2 aromatic carbocycles. The SMILES string of the molecule is CCC(C)NC(=O)c1nn(-c2ccc(C)c(Cl)c2)c(=O)n(Cc2cccc(C)c2)c1=O. The highest BCUT2D eigenvalue weighted by Gasteiger charge is 2.21. The Labute approximate surface area is 185 Å². The van der Waals surface area contributed by atoms with Crippen molar-refractivity contribution in [2.75, 3.05) is 0 Å². The van der Waals surface area contributed by atoms with Crippen LogP contribution >= 0.6 is 11.6 Å². The standard InChI is InChI=1S/C23H25ClN4O3/c1-5-16(4)25-21(29)20-22(30)27(13-17-8-6-7-14(2)11-17)23(31)28(26-20)18-10-9-15(3)19(24)12-18/h6-12,16H,5,13H2,1-4H3,(H,25,29). The number of amides is 1. The average Bonchev–Trinajstić information content (AvgIpc) is 2.73. The van der Waals surface area contributed by atoms with Gasteiger partial charge in [-0.3, -0.25) is 14.2 Å². The van der Waals surface area contributed by atoms with Crippen LogP contribution in [0.5, 0.6) is 0 Å². The van der Waals surface area contributed by atoms with Gasteiger partial charge in [-0.05, 0) is 50.5 Å². The first-order valence-electron chi connectivity index (χ1n) is 10.1. The Bertz CT molecular complexity index is 1250. The zero-order valence-corrected chi connectivity index (χ0v) is 18.7. The topological polar surface area (TPSA) is 86.0 Å². The Morgan fingerprint density at radius 1 is 1.16 bits per heavy atom. The average molecular weight is 441 g/mol. The van der Waals surface area contributed by atoms with Gasteiger partial charge in [-0.25, -0.2) is 4.79 Å². The molecule has 7 nitrogen and oxygen atoms in total. The molecule has 3 rings (SSSR count). The van der Waals surface area contributed by atoms with Crippen LogP contribution in [0, 0.1) is 13.8 Å². The second-order valence-electron chi connectivity index (χ2n) is 7.64. The molecular formula is C23H25ClN4O3. The van der Waals surface area contributed by atoms with E-state index in [9.17, 15) is 14.4 Å². The Kier molecular flexibility index (Phi) is 6.75. The maximum Gasteiger partial charge on any atom is 0.352 e. The normalized spacial score (nSPS) is 11.9. The van der Waals surface area contributed by atoms with Crippen molar-refractivity contribution in [2.24, 2.45) is 0 Å². The van der Waals surface area contributed by atoms with Crippen LogP contribution in [0.15, 0.2) is 52.1 Å². The predicted molar refractivity (Wildman–Crippen MR) is 121 cm³/mol. The molecule has 1 heterocycles. The molecule has 1 unspecified atom stereocenters. The molecule has 0 saturated heterocycles. The van der Waals surface area contributed by atoms with Gasteiger partial charge in [-0.15, -0.1) is 0 Å². The molecule has 0 radical (unpaired) electrons. The fourth-order valence-electron chi connectivity index (χ4n) is 3.07. The maximum atomic E-state index is 13.2. The van der Waals surface area contributed by atoms with Gasteiger partial charge in [0.25, 0.3) is 11.5 Å². The Morgan fingerprint density at radius 2 is 1.90 bits per heavy atom. The van der Waals surface area contributed by atoms with Crippen molar-refractivity contribution >= 4 is 17.5 Å². The van der Waals surface area contributed by atoms with Crippen molar-refractivity contribution in [3.8, 4) is 5.69 Å². The third-order valence-corrected chi connectivity index (χ3v) is 5.50. The van der Waals surface area contributed by atoms with Gasteiger partial charge in [0.1, 0.15) is 0 Å². The third-order valence-electron chi connectivity index (χ3n) is 5.09. The minimum atomic E-state index is -0.734. The van der Waals surface area contributed by atoms with E-state index in [-0.39, 0.29) is 18.3 Å². The zero-order chi connectivity index (χ0) is 22.7. The van der Waals surface area contributed by atoms with E-state index in [1.165, 1.54) is 0 Å². The number of rotatable bonds is 6. The molecule has 0 aliphatic carbocycles. The van der Waals surface area contributed by atoms with Crippen LogP contribution in [0.25, 0.3) is 5.69 Å². The smallest absolute Gasteiger partial charge is 0.348 e. The molecule has 0 fully saturated rings. The van der Waals surface area contributed by atoms with E-state index < -0.39 is 17.2 Å². The number of aryl methyl sites for hydroxylation is 2. The molecule has 8 heteroatoms. The first kappa shape index (κ1) is 22.5. The molecule has 0 saturated carbocycles. The van der Waals surface area contributed by atoms with Gasteiger partial charge in [-0.2, -0.15) is 9.78 Å². The number of carbonyl (C=O) groups excluding carboxylic acids is 1. The number of nitrogens with zero attached hydrogens (tertiary/aromatic N) is 3. The van der Waals surface area contributed by atoms with Crippen molar-refractivity contribution in [1.29, 1.82) is 0 Å². The molecule has 1 aromatic heterocycles. The summed E-state index contributed by atoms with van der Waals surface area (Å²) in [6, 6.07) is 12.4. The van der Waals surface area contributed by atoms with Crippen molar-refractivity contribution < 1.29 is 4.79 Å². The minimum absolute atomic E-state index is 0.0189. The van der Waals surface area contributed by atoms with E-state index in [1.54, 1.807) is 18.2 Å². The van der Waals surface area contributed by atoms with Crippen LogP contribution in [0.2, 0.25) is 5.02 Å². The number of aromatic nitrogens is 3. The van der Waals surface area contributed by atoms with Crippen LogP contribution in [0.4, 0.5) is 0 Å². The lowest BCUT2D eigenvalue weighted by Crippen LogP contribution is -2.47. The van der Waals surface area contributed by atoms with Gasteiger partial charge in [0, 0.05) is 11.1 Å².